The standard InChI is InChI=1S/C20H16ClNO4/c1-25-20-12-16(26-13-14-5-3-2-4-6-14)8-9-17(20)18-11-15(21)7-10-19(18)22(23)24/h2-12H,13H2,1H3. The lowest BCUT2D eigenvalue weighted by Crippen LogP contribution is -1.97. The Labute approximate surface area is 155 Å². The third-order valence-corrected chi connectivity index (χ3v) is 4.10. The molecular formula is C20H16ClNO4. The van der Waals surface area contributed by atoms with E-state index >= 15 is 0 Å². The number of nitrogens with zero attached hydrogens (tertiary/aromatic N) is 1. The second-order valence-electron chi connectivity index (χ2n) is 5.55. The molecule has 0 aliphatic heterocycles. The second-order valence-corrected chi connectivity index (χ2v) is 5.99. The van der Waals surface area contributed by atoms with Gasteiger partial charge in [-0.3, -0.25) is 10.1 Å². The van der Waals surface area contributed by atoms with Gasteiger partial charge in [0.25, 0.3) is 5.69 Å². The van der Waals surface area contributed by atoms with E-state index in [0.29, 0.717) is 34.3 Å². The lowest BCUT2D eigenvalue weighted by Gasteiger charge is -2.12. The minimum absolute atomic E-state index is 0.0364. The van der Waals surface area contributed by atoms with Crippen LogP contribution >= 0.6 is 11.6 Å². The molecule has 0 aromatic heterocycles. The summed E-state index contributed by atoms with van der Waals surface area (Å²) >= 11 is 6.03. The van der Waals surface area contributed by atoms with Crippen molar-refractivity contribution in [2.75, 3.05) is 7.11 Å². The number of halogens is 1. The monoisotopic (exact) mass is 369 g/mol. The lowest BCUT2D eigenvalue weighted by molar-refractivity contribution is -0.384. The van der Waals surface area contributed by atoms with Crippen LogP contribution in [0.25, 0.3) is 11.1 Å². The van der Waals surface area contributed by atoms with Gasteiger partial charge in [-0.05, 0) is 29.8 Å². The van der Waals surface area contributed by atoms with E-state index in [0.717, 1.165) is 5.56 Å². The first kappa shape index (κ1) is 17.8. The number of ether oxygens (including phenoxy) is 2. The molecule has 0 saturated heterocycles. The number of hydrogen-bond donors (Lipinski definition) is 0. The van der Waals surface area contributed by atoms with Crippen molar-refractivity contribution in [1.29, 1.82) is 0 Å². The van der Waals surface area contributed by atoms with Gasteiger partial charge in [-0.15, -0.1) is 0 Å². The molecule has 0 radical (unpaired) electrons. The maximum Gasteiger partial charge on any atom is 0.277 e. The predicted molar refractivity (Wildman–Crippen MR) is 101 cm³/mol. The van der Waals surface area contributed by atoms with Gasteiger partial charge >= 0.3 is 0 Å². The van der Waals surface area contributed by atoms with E-state index in [9.17, 15) is 10.1 Å². The van der Waals surface area contributed by atoms with Crippen molar-refractivity contribution < 1.29 is 14.4 Å². The van der Waals surface area contributed by atoms with Crippen molar-refractivity contribution >= 4 is 17.3 Å². The molecule has 0 fully saturated rings. The predicted octanol–water partition coefficient (Wildman–Crippen LogP) is 5.50. The zero-order chi connectivity index (χ0) is 18.5. The summed E-state index contributed by atoms with van der Waals surface area (Å²) in [4.78, 5) is 10.9. The molecule has 0 atom stereocenters. The average molecular weight is 370 g/mol. The summed E-state index contributed by atoms with van der Waals surface area (Å²) in [5.74, 6) is 1.08. The van der Waals surface area contributed by atoms with Crippen LogP contribution in [0.5, 0.6) is 11.5 Å². The van der Waals surface area contributed by atoms with Crippen molar-refractivity contribution in [3.63, 3.8) is 0 Å². The molecule has 0 bridgehead atoms. The first-order valence-electron chi connectivity index (χ1n) is 7.87. The highest BCUT2D eigenvalue weighted by atomic mass is 35.5. The van der Waals surface area contributed by atoms with Crippen LogP contribution < -0.4 is 9.47 Å². The molecule has 3 aromatic carbocycles. The third kappa shape index (κ3) is 3.95. The fourth-order valence-electron chi connectivity index (χ4n) is 2.61. The first-order valence-corrected chi connectivity index (χ1v) is 8.25. The van der Waals surface area contributed by atoms with Crippen LogP contribution in [0.15, 0.2) is 66.7 Å². The Morgan fingerprint density at radius 1 is 1.00 bits per heavy atom. The highest BCUT2D eigenvalue weighted by molar-refractivity contribution is 6.31. The summed E-state index contributed by atoms with van der Waals surface area (Å²) in [6.45, 7) is 0.417. The Morgan fingerprint density at radius 2 is 1.77 bits per heavy atom. The van der Waals surface area contributed by atoms with Crippen LogP contribution in [0.1, 0.15) is 5.56 Å². The van der Waals surface area contributed by atoms with Gasteiger partial charge < -0.3 is 9.47 Å². The van der Waals surface area contributed by atoms with E-state index in [2.05, 4.69) is 0 Å². The maximum atomic E-state index is 11.3. The molecule has 0 heterocycles. The minimum Gasteiger partial charge on any atom is -0.496 e. The fourth-order valence-corrected chi connectivity index (χ4v) is 2.78. The van der Waals surface area contributed by atoms with E-state index in [1.54, 1.807) is 24.3 Å². The summed E-state index contributed by atoms with van der Waals surface area (Å²) in [7, 11) is 1.51. The van der Waals surface area contributed by atoms with Crippen molar-refractivity contribution in [3.05, 3.63) is 87.4 Å². The SMILES string of the molecule is COc1cc(OCc2ccccc2)ccc1-c1cc(Cl)ccc1[N+](=O)[O-]. The highest BCUT2D eigenvalue weighted by Gasteiger charge is 2.19. The number of benzene rings is 3. The molecule has 3 aromatic rings. The molecule has 5 nitrogen and oxygen atoms in total. The maximum absolute atomic E-state index is 11.3. The molecule has 0 saturated carbocycles. The summed E-state index contributed by atoms with van der Waals surface area (Å²) in [6.07, 6.45) is 0. The van der Waals surface area contributed by atoms with E-state index in [1.807, 2.05) is 30.3 Å². The van der Waals surface area contributed by atoms with Gasteiger partial charge in [0, 0.05) is 22.7 Å². The highest BCUT2D eigenvalue weighted by Crippen LogP contribution is 2.39. The molecule has 0 spiro atoms. The van der Waals surface area contributed by atoms with Crippen molar-refractivity contribution in [2.45, 2.75) is 6.61 Å². The Balaban J connectivity index is 1.93. The van der Waals surface area contributed by atoms with E-state index in [1.165, 1.54) is 19.2 Å². The van der Waals surface area contributed by atoms with Crippen molar-refractivity contribution in [2.24, 2.45) is 0 Å². The molecule has 0 amide bonds. The quantitative estimate of drug-likeness (QED) is 0.425. The molecule has 0 aliphatic rings. The van der Waals surface area contributed by atoms with Gasteiger partial charge in [0.05, 0.1) is 17.6 Å². The minimum atomic E-state index is -0.440. The number of methoxy groups -OCH3 is 1. The Kier molecular flexibility index (Phi) is 5.39. The van der Waals surface area contributed by atoms with Crippen LogP contribution in [0.3, 0.4) is 0 Å². The topological polar surface area (TPSA) is 61.6 Å². The van der Waals surface area contributed by atoms with Crippen LogP contribution in [-0.4, -0.2) is 12.0 Å². The van der Waals surface area contributed by atoms with Gasteiger partial charge in [0.1, 0.15) is 18.1 Å². The van der Waals surface area contributed by atoms with Crippen LogP contribution in [0.4, 0.5) is 5.69 Å². The second kappa shape index (κ2) is 7.89. The first-order chi connectivity index (χ1) is 12.6. The number of nitro benzene ring substituents is 1. The third-order valence-electron chi connectivity index (χ3n) is 3.87. The largest absolute Gasteiger partial charge is 0.496 e. The van der Waals surface area contributed by atoms with Gasteiger partial charge in [0.15, 0.2) is 0 Å². The zero-order valence-corrected chi connectivity index (χ0v) is 14.8. The summed E-state index contributed by atoms with van der Waals surface area (Å²) in [5, 5.41) is 11.7. The van der Waals surface area contributed by atoms with Crippen LogP contribution in [-0.2, 0) is 6.61 Å². The van der Waals surface area contributed by atoms with Crippen LogP contribution in [0.2, 0.25) is 5.02 Å². The summed E-state index contributed by atoms with van der Waals surface area (Å²) in [5.41, 5.74) is 1.98. The zero-order valence-electron chi connectivity index (χ0n) is 14.0. The molecule has 0 aliphatic carbocycles. The molecule has 26 heavy (non-hydrogen) atoms. The number of hydrogen-bond acceptors (Lipinski definition) is 4. The molecule has 3 rings (SSSR count). The Morgan fingerprint density at radius 3 is 2.46 bits per heavy atom. The summed E-state index contributed by atoms with van der Waals surface area (Å²) < 4.78 is 11.2. The normalized spacial score (nSPS) is 10.4. The molecule has 0 unspecified atom stereocenters. The van der Waals surface area contributed by atoms with Gasteiger partial charge in [-0.1, -0.05) is 41.9 Å². The number of nitro groups is 1. The summed E-state index contributed by atoms with van der Waals surface area (Å²) in [6, 6.07) is 19.4. The van der Waals surface area contributed by atoms with E-state index in [4.69, 9.17) is 21.1 Å². The van der Waals surface area contributed by atoms with Crippen molar-refractivity contribution in [3.8, 4) is 22.6 Å². The van der Waals surface area contributed by atoms with Gasteiger partial charge in [0.2, 0.25) is 0 Å². The number of rotatable bonds is 6. The van der Waals surface area contributed by atoms with E-state index < -0.39 is 4.92 Å². The molecule has 6 heteroatoms. The lowest BCUT2D eigenvalue weighted by atomic mass is 10.0. The van der Waals surface area contributed by atoms with E-state index in [-0.39, 0.29) is 5.69 Å². The smallest absolute Gasteiger partial charge is 0.277 e. The Hall–Kier alpha value is -3.05. The van der Waals surface area contributed by atoms with Gasteiger partial charge in [-0.2, -0.15) is 0 Å². The Bertz CT molecular complexity index is 928. The molecule has 132 valence electrons. The van der Waals surface area contributed by atoms with Crippen LogP contribution in [0, 0.1) is 10.1 Å². The average Bonchev–Trinajstić information content (AvgIpc) is 2.66. The van der Waals surface area contributed by atoms with Crippen molar-refractivity contribution in [1.82, 2.24) is 0 Å². The molecule has 0 N–H and O–H groups in total. The van der Waals surface area contributed by atoms with Gasteiger partial charge in [-0.25, -0.2) is 0 Å². The molecular weight excluding hydrogens is 354 g/mol. The fraction of sp³-hybridized carbons (Fsp3) is 0.100.